The van der Waals surface area contributed by atoms with Crippen LogP contribution >= 0.6 is 0 Å². The van der Waals surface area contributed by atoms with Crippen LogP contribution in [0.25, 0.3) is 0 Å². The van der Waals surface area contributed by atoms with Crippen molar-refractivity contribution in [2.45, 2.75) is 12.5 Å². The first-order valence-corrected chi connectivity index (χ1v) is 3.98. The van der Waals surface area contributed by atoms with Crippen LogP contribution in [0.4, 0.5) is 4.39 Å². The Morgan fingerprint density at radius 1 is 1.42 bits per heavy atom. The molecule has 1 aromatic rings. The first-order valence-electron chi connectivity index (χ1n) is 3.98. The van der Waals surface area contributed by atoms with Crippen molar-refractivity contribution in [2.24, 2.45) is 10.2 Å². The van der Waals surface area contributed by atoms with E-state index < -0.39 is 0 Å². The van der Waals surface area contributed by atoms with Crippen molar-refractivity contribution in [3.63, 3.8) is 0 Å². The van der Waals surface area contributed by atoms with Gasteiger partial charge in [0.05, 0.1) is 12.6 Å². The van der Waals surface area contributed by atoms with Gasteiger partial charge in [0.25, 0.3) is 0 Å². The minimum Gasteiger partial charge on any atom is -0.207 e. The number of benzene rings is 1. The van der Waals surface area contributed by atoms with Crippen molar-refractivity contribution in [1.82, 2.24) is 0 Å². The zero-order chi connectivity index (χ0) is 8.39. The third-order valence-electron chi connectivity index (χ3n) is 1.96. The molecule has 1 aromatic carbocycles. The van der Waals surface area contributed by atoms with Crippen LogP contribution in [0.15, 0.2) is 34.5 Å². The molecule has 0 saturated heterocycles. The molecule has 1 aliphatic rings. The lowest BCUT2D eigenvalue weighted by Gasteiger charge is -2.03. The summed E-state index contributed by atoms with van der Waals surface area (Å²) in [6.45, 7) is 0.765. The molecule has 1 unspecified atom stereocenters. The maximum Gasteiger partial charge on any atom is 0.123 e. The highest BCUT2D eigenvalue weighted by Crippen LogP contribution is 2.26. The van der Waals surface area contributed by atoms with Crippen molar-refractivity contribution in [2.75, 3.05) is 6.54 Å². The fourth-order valence-electron chi connectivity index (χ4n) is 1.34. The highest BCUT2D eigenvalue weighted by atomic mass is 19.1. The number of nitrogens with zero attached hydrogens (tertiary/aromatic N) is 2. The third-order valence-corrected chi connectivity index (χ3v) is 1.96. The summed E-state index contributed by atoms with van der Waals surface area (Å²) >= 11 is 0. The van der Waals surface area contributed by atoms with E-state index in [2.05, 4.69) is 10.2 Å². The Balaban J connectivity index is 2.27. The molecule has 3 heteroatoms. The lowest BCUT2D eigenvalue weighted by molar-refractivity contribution is 0.620. The quantitative estimate of drug-likeness (QED) is 0.609. The zero-order valence-corrected chi connectivity index (χ0v) is 6.57. The number of hydrogen-bond acceptors (Lipinski definition) is 2. The zero-order valence-electron chi connectivity index (χ0n) is 6.57. The van der Waals surface area contributed by atoms with E-state index in [-0.39, 0.29) is 11.9 Å². The summed E-state index contributed by atoms with van der Waals surface area (Å²) in [7, 11) is 0. The number of rotatable bonds is 1. The SMILES string of the molecule is Fc1cccc(C2CCN=N2)c1. The fraction of sp³-hybridized carbons (Fsp3) is 0.333. The fourth-order valence-corrected chi connectivity index (χ4v) is 1.34. The summed E-state index contributed by atoms with van der Waals surface area (Å²) < 4.78 is 12.7. The summed E-state index contributed by atoms with van der Waals surface area (Å²) in [6.07, 6.45) is 0.906. The summed E-state index contributed by atoms with van der Waals surface area (Å²) in [5, 5.41) is 7.88. The van der Waals surface area contributed by atoms with E-state index in [0.717, 1.165) is 18.5 Å². The molecular weight excluding hydrogens is 155 g/mol. The van der Waals surface area contributed by atoms with Gasteiger partial charge in [-0.15, -0.1) is 0 Å². The molecular formula is C9H9FN2. The number of azo groups is 1. The van der Waals surface area contributed by atoms with E-state index in [9.17, 15) is 4.39 Å². The predicted octanol–water partition coefficient (Wildman–Crippen LogP) is 2.72. The van der Waals surface area contributed by atoms with Gasteiger partial charge in [-0.3, -0.25) is 0 Å². The van der Waals surface area contributed by atoms with Gasteiger partial charge in [0.1, 0.15) is 5.82 Å². The molecule has 0 saturated carbocycles. The standard InChI is InChI=1S/C9H9FN2/c10-8-3-1-2-7(6-8)9-4-5-11-12-9/h1-3,6,9H,4-5H2. The molecule has 0 aromatic heterocycles. The largest absolute Gasteiger partial charge is 0.207 e. The molecule has 12 heavy (non-hydrogen) atoms. The van der Waals surface area contributed by atoms with Crippen LogP contribution < -0.4 is 0 Å². The molecule has 0 aliphatic carbocycles. The van der Waals surface area contributed by atoms with E-state index in [0.29, 0.717) is 0 Å². The van der Waals surface area contributed by atoms with Gasteiger partial charge in [0.15, 0.2) is 0 Å². The Kier molecular flexibility index (Phi) is 1.86. The Hall–Kier alpha value is -1.25. The van der Waals surface area contributed by atoms with Crippen molar-refractivity contribution < 1.29 is 4.39 Å². The van der Waals surface area contributed by atoms with Crippen LogP contribution in [-0.2, 0) is 0 Å². The van der Waals surface area contributed by atoms with Crippen molar-refractivity contribution in [3.8, 4) is 0 Å². The first kappa shape index (κ1) is 7.40. The molecule has 0 amide bonds. The molecule has 1 heterocycles. The van der Waals surface area contributed by atoms with Gasteiger partial charge in [-0.2, -0.15) is 10.2 Å². The van der Waals surface area contributed by atoms with Crippen molar-refractivity contribution >= 4 is 0 Å². The smallest absolute Gasteiger partial charge is 0.123 e. The Morgan fingerprint density at radius 3 is 3.00 bits per heavy atom. The van der Waals surface area contributed by atoms with Gasteiger partial charge in [-0.1, -0.05) is 12.1 Å². The average molecular weight is 164 g/mol. The molecule has 2 rings (SSSR count). The minimum atomic E-state index is -0.199. The molecule has 0 fully saturated rings. The summed E-state index contributed by atoms with van der Waals surface area (Å²) in [4.78, 5) is 0. The summed E-state index contributed by atoms with van der Waals surface area (Å²) in [6, 6.07) is 6.64. The van der Waals surface area contributed by atoms with Crippen molar-refractivity contribution in [3.05, 3.63) is 35.6 Å². The Bertz CT molecular complexity index is 309. The molecule has 1 aliphatic heterocycles. The van der Waals surface area contributed by atoms with Crippen molar-refractivity contribution in [1.29, 1.82) is 0 Å². The Labute approximate surface area is 70.1 Å². The van der Waals surface area contributed by atoms with Crippen LogP contribution in [-0.4, -0.2) is 6.54 Å². The molecule has 2 nitrogen and oxygen atoms in total. The molecule has 0 spiro atoms. The maximum atomic E-state index is 12.7. The first-order chi connectivity index (χ1) is 5.86. The van der Waals surface area contributed by atoms with Crippen LogP contribution in [0.2, 0.25) is 0 Å². The second-order valence-electron chi connectivity index (χ2n) is 2.84. The Morgan fingerprint density at radius 2 is 2.33 bits per heavy atom. The predicted molar refractivity (Wildman–Crippen MR) is 43.5 cm³/mol. The topological polar surface area (TPSA) is 24.7 Å². The number of hydrogen-bond donors (Lipinski definition) is 0. The van der Waals surface area contributed by atoms with Gasteiger partial charge >= 0.3 is 0 Å². The average Bonchev–Trinajstić information content (AvgIpc) is 2.56. The third kappa shape index (κ3) is 1.35. The summed E-state index contributed by atoms with van der Waals surface area (Å²) in [5.41, 5.74) is 0.927. The van der Waals surface area contributed by atoms with Gasteiger partial charge in [-0.25, -0.2) is 4.39 Å². The molecule has 0 N–H and O–H groups in total. The van der Waals surface area contributed by atoms with E-state index in [1.807, 2.05) is 6.07 Å². The maximum absolute atomic E-state index is 12.7. The molecule has 62 valence electrons. The van der Waals surface area contributed by atoms with E-state index in [1.54, 1.807) is 6.07 Å². The van der Waals surface area contributed by atoms with Gasteiger partial charge in [-0.05, 0) is 24.1 Å². The van der Waals surface area contributed by atoms with Gasteiger partial charge in [0.2, 0.25) is 0 Å². The normalized spacial score (nSPS) is 21.6. The lowest BCUT2D eigenvalue weighted by atomic mass is 10.1. The van der Waals surface area contributed by atoms with Crippen LogP contribution in [0.3, 0.4) is 0 Å². The monoisotopic (exact) mass is 164 g/mol. The highest BCUT2D eigenvalue weighted by molar-refractivity contribution is 5.20. The molecule has 0 radical (unpaired) electrons. The van der Waals surface area contributed by atoms with E-state index in [4.69, 9.17) is 0 Å². The minimum absolute atomic E-state index is 0.0840. The second kappa shape index (κ2) is 3.01. The van der Waals surface area contributed by atoms with E-state index >= 15 is 0 Å². The molecule has 1 atom stereocenters. The highest BCUT2D eigenvalue weighted by Gasteiger charge is 2.14. The number of halogens is 1. The van der Waals surface area contributed by atoms with Gasteiger partial charge in [0, 0.05) is 0 Å². The second-order valence-corrected chi connectivity index (χ2v) is 2.84. The lowest BCUT2D eigenvalue weighted by Crippen LogP contribution is -1.92. The summed E-state index contributed by atoms with van der Waals surface area (Å²) in [5.74, 6) is -0.199. The molecule has 0 bridgehead atoms. The van der Waals surface area contributed by atoms with E-state index in [1.165, 1.54) is 12.1 Å². The van der Waals surface area contributed by atoms with Crippen LogP contribution in [0, 0.1) is 5.82 Å². The van der Waals surface area contributed by atoms with Crippen LogP contribution in [0.1, 0.15) is 18.0 Å². The van der Waals surface area contributed by atoms with Crippen LogP contribution in [0.5, 0.6) is 0 Å². The van der Waals surface area contributed by atoms with Gasteiger partial charge < -0.3 is 0 Å².